The van der Waals surface area contributed by atoms with Crippen molar-refractivity contribution in [3.8, 4) is 0 Å². The van der Waals surface area contributed by atoms with Crippen LogP contribution < -0.4 is 10.2 Å². The fourth-order valence-electron chi connectivity index (χ4n) is 2.76. The summed E-state index contributed by atoms with van der Waals surface area (Å²) in [5.74, 6) is 0.626. The normalized spacial score (nSPS) is 21.0. The molecule has 0 saturated heterocycles. The lowest BCUT2D eigenvalue weighted by atomic mass is 9.91. The van der Waals surface area contributed by atoms with Gasteiger partial charge in [-0.1, -0.05) is 12.1 Å². The third-order valence-corrected chi connectivity index (χ3v) is 3.87. The van der Waals surface area contributed by atoms with Gasteiger partial charge in [0.2, 0.25) is 0 Å². The molecular formula is C14H22N2. The molecule has 1 aromatic rings. The summed E-state index contributed by atoms with van der Waals surface area (Å²) >= 11 is 0. The highest BCUT2D eigenvalue weighted by Crippen LogP contribution is 2.39. The first-order chi connectivity index (χ1) is 7.69. The van der Waals surface area contributed by atoms with Crippen LogP contribution in [-0.2, 0) is 0 Å². The van der Waals surface area contributed by atoms with Crippen molar-refractivity contribution in [2.45, 2.75) is 32.7 Å². The molecule has 0 radical (unpaired) electrons. The first kappa shape index (κ1) is 11.5. The maximum Gasteiger partial charge on any atom is 0.0405 e. The molecule has 16 heavy (non-hydrogen) atoms. The van der Waals surface area contributed by atoms with Gasteiger partial charge >= 0.3 is 0 Å². The second-order valence-electron chi connectivity index (χ2n) is 4.73. The molecule has 0 saturated carbocycles. The number of fused-ring (bicyclic) bond motifs is 1. The highest BCUT2D eigenvalue weighted by atomic mass is 15.2. The van der Waals surface area contributed by atoms with Crippen molar-refractivity contribution in [3.63, 3.8) is 0 Å². The molecule has 1 aliphatic rings. The number of benzene rings is 1. The van der Waals surface area contributed by atoms with Crippen LogP contribution in [0.5, 0.6) is 0 Å². The molecule has 0 bridgehead atoms. The average molecular weight is 218 g/mol. The van der Waals surface area contributed by atoms with Crippen LogP contribution in [0.25, 0.3) is 0 Å². The summed E-state index contributed by atoms with van der Waals surface area (Å²) in [6.45, 7) is 8.99. The molecule has 1 N–H and O–H groups in total. The minimum absolute atomic E-state index is 0.538. The molecule has 1 aliphatic heterocycles. The molecule has 1 aromatic carbocycles. The summed E-state index contributed by atoms with van der Waals surface area (Å²) in [7, 11) is 2.05. The van der Waals surface area contributed by atoms with E-state index in [4.69, 9.17) is 0 Å². The van der Waals surface area contributed by atoms with Gasteiger partial charge in [-0.2, -0.15) is 0 Å². The van der Waals surface area contributed by atoms with Gasteiger partial charge in [-0.25, -0.2) is 0 Å². The van der Waals surface area contributed by atoms with E-state index in [0.29, 0.717) is 12.0 Å². The minimum Gasteiger partial charge on any atom is -0.371 e. The van der Waals surface area contributed by atoms with Gasteiger partial charge in [-0.15, -0.1) is 0 Å². The molecule has 2 rings (SSSR count). The van der Waals surface area contributed by atoms with Crippen molar-refractivity contribution in [2.75, 3.05) is 25.0 Å². The van der Waals surface area contributed by atoms with Crippen LogP contribution in [0.1, 0.15) is 30.9 Å². The zero-order chi connectivity index (χ0) is 11.7. The topological polar surface area (TPSA) is 15.3 Å². The molecule has 0 spiro atoms. The van der Waals surface area contributed by atoms with Gasteiger partial charge in [0, 0.05) is 30.7 Å². The molecule has 0 fully saturated rings. The van der Waals surface area contributed by atoms with Crippen LogP contribution in [0.2, 0.25) is 0 Å². The zero-order valence-corrected chi connectivity index (χ0v) is 10.7. The number of nitrogens with zero attached hydrogens (tertiary/aromatic N) is 1. The molecule has 2 heteroatoms. The predicted octanol–water partition coefficient (Wildman–Crippen LogP) is 2.53. The van der Waals surface area contributed by atoms with Gasteiger partial charge in [0.1, 0.15) is 0 Å². The van der Waals surface area contributed by atoms with E-state index in [1.807, 2.05) is 0 Å². The fraction of sp³-hybridized carbons (Fsp3) is 0.571. The number of hydrogen-bond donors (Lipinski definition) is 1. The van der Waals surface area contributed by atoms with Crippen molar-refractivity contribution in [3.05, 3.63) is 29.3 Å². The first-order valence-electron chi connectivity index (χ1n) is 6.20. The quantitative estimate of drug-likeness (QED) is 0.838. The second kappa shape index (κ2) is 4.46. The van der Waals surface area contributed by atoms with Crippen LogP contribution in [0.4, 0.5) is 5.69 Å². The lowest BCUT2D eigenvalue weighted by molar-refractivity contribution is 0.508. The third-order valence-electron chi connectivity index (χ3n) is 3.87. The monoisotopic (exact) mass is 218 g/mol. The number of aryl methyl sites for hydroxylation is 1. The van der Waals surface area contributed by atoms with Crippen molar-refractivity contribution in [1.82, 2.24) is 5.32 Å². The Labute approximate surface area is 98.7 Å². The summed E-state index contributed by atoms with van der Waals surface area (Å²) in [6, 6.07) is 7.20. The molecule has 2 nitrogen and oxygen atoms in total. The van der Waals surface area contributed by atoms with Crippen LogP contribution >= 0.6 is 0 Å². The highest BCUT2D eigenvalue weighted by molar-refractivity contribution is 5.63. The predicted molar refractivity (Wildman–Crippen MR) is 70.3 cm³/mol. The average Bonchev–Trinajstić information content (AvgIpc) is 2.68. The SMILES string of the molecule is CCN1CC(C(C)NC)c2c(C)cccc21. The number of likely N-dealkylation sites (N-methyl/N-ethyl adjacent to an activating group) is 2. The van der Waals surface area contributed by atoms with Gasteiger partial charge in [-0.05, 0) is 45.0 Å². The summed E-state index contributed by atoms with van der Waals surface area (Å²) in [5, 5.41) is 3.39. The van der Waals surface area contributed by atoms with Gasteiger partial charge in [-0.3, -0.25) is 0 Å². The van der Waals surface area contributed by atoms with E-state index in [9.17, 15) is 0 Å². The molecule has 0 aliphatic carbocycles. The number of nitrogens with one attached hydrogen (secondary N) is 1. The van der Waals surface area contributed by atoms with Gasteiger partial charge < -0.3 is 10.2 Å². The molecule has 88 valence electrons. The van der Waals surface area contributed by atoms with E-state index in [-0.39, 0.29) is 0 Å². The molecule has 0 aromatic heterocycles. The van der Waals surface area contributed by atoms with Crippen LogP contribution in [0.3, 0.4) is 0 Å². The maximum absolute atomic E-state index is 3.39. The highest BCUT2D eigenvalue weighted by Gasteiger charge is 2.31. The molecule has 2 unspecified atom stereocenters. The standard InChI is InChI=1S/C14H22N2/c1-5-16-9-12(11(3)15-4)14-10(2)7-6-8-13(14)16/h6-8,11-12,15H,5,9H2,1-4H3. The molecular weight excluding hydrogens is 196 g/mol. The minimum atomic E-state index is 0.538. The van der Waals surface area contributed by atoms with Gasteiger partial charge in [0.25, 0.3) is 0 Å². The Morgan fingerprint density at radius 2 is 2.25 bits per heavy atom. The summed E-state index contributed by atoms with van der Waals surface area (Å²) in [4.78, 5) is 2.49. The number of rotatable bonds is 3. The smallest absolute Gasteiger partial charge is 0.0405 e. The second-order valence-corrected chi connectivity index (χ2v) is 4.73. The van der Waals surface area contributed by atoms with Crippen molar-refractivity contribution in [1.29, 1.82) is 0 Å². The Morgan fingerprint density at radius 1 is 1.50 bits per heavy atom. The Kier molecular flexibility index (Phi) is 3.20. The van der Waals surface area contributed by atoms with E-state index in [1.165, 1.54) is 11.3 Å². The van der Waals surface area contributed by atoms with Crippen LogP contribution in [0.15, 0.2) is 18.2 Å². The third kappa shape index (κ3) is 1.71. The van der Waals surface area contributed by atoms with Gasteiger partial charge in [0.05, 0.1) is 0 Å². The number of anilines is 1. The molecule has 1 heterocycles. The van der Waals surface area contributed by atoms with E-state index in [1.54, 1.807) is 5.56 Å². The van der Waals surface area contributed by atoms with Crippen LogP contribution in [-0.4, -0.2) is 26.2 Å². The Morgan fingerprint density at radius 3 is 2.88 bits per heavy atom. The van der Waals surface area contributed by atoms with Crippen molar-refractivity contribution < 1.29 is 0 Å². The summed E-state index contributed by atoms with van der Waals surface area (Å²) < 4.78 is 0. The van der Waals surface area contributed by atoms with E-state index < -0.39 is 0 Å². The summed E-state index contributed by atoms with van der Waals surface area (Å²) in [5.41, 5.74) is 4.42. The van der Waals surface area contributed by atoms with E-state index >= 15 is 0 Å². The lowest BCUT2D eigenvalue weighted by Crippen LogP contribution is -2.32. The fourth-order valence-corrected chi connectivity index (χ4v) is 2.76. The van der Waals surface area contributed by atoms with Gasteiger partial charge in [0.15, 0.2) is 0 Å². The summed E-state index contributed by atoms with van der Waals surface area (Å²) in [6.07, 6.45) is 0. The first-order valence-corrected chi connectivity index (χ1v) is 6.20. The molecule has 0 amide bonds. The van der Waals surface area contributed by atoms with E-state index in [2.05, 4.69) is 56.2 Å². The lowest BCUT2D eigenvalue weighted by Gasteiger charge is -2.21. The Hall–Kier alpha value is -1.02. The Bertz CT molecular complexity index is 373. The van der Waals surface area contributed by atoms with Crippen molar-refractivity contribution in [2.24, 2.45) is 0 Å². The largest absolute Gasteiger partial charge is 0.371 e. The van der Waals surface area contributed by atoms with Crippen molar-refractivity contribution >= 4 is 5.69 Å². The zero-order valence-electron chi connectivity index (χ0n) is 10.7. The van der Waals surface area contributed by atoms with Crippen LogP contribution in [0, 0.1) is 6.92 Å². The maximum atomic E-state index is 3.39. The number of hydrogen-bond acceptors (Lipinski definition) is 2. The Balaban J connectivity index is 2.43. The van der Waals surface area contributed by atoms with E-state index in [0.717, 1.165) is 13.1 Å². The molecule has 2 atom stereocenters.